The van der Waals surface area contributed by atoms with Crippen LogP contribution in [-0.2, 0) is 9.53 Å². The Hall–Kier alpha value is -3.56. The van der Waals surface area contributed by atoms with Gasteiger partial charge in [0.25, 0.3) is 0 Å². The second-order valence-electron chi connectivity index (χ2n) is 10.9. The summed E-state index contributed by atoms with van der Waals surface area (Å²) in [5.41, 5.74) is 8.22. The normalized spacial score (nSPS) is 18.9. The summed E-state index contributed by atoms with van der Waals surface area (Å²) >= 11 is 0. The number of aromatic amines is 1. The van der Waals surface area contributed by atoms with Crippen molar-refractivity contribution in [3.05, 3.63) is 59.5 Å². The van der Waals surface area contributed by atoms with Gasteiger partial charge in [0.05, 0.1) is 42.7 Å². The minimum absolute atomic E-state index is 0.0177. The van der Waals surface area contributed by atoms with Crippen LogP contribution in [0.3, 0.4) is 0 Å². The number of ether oxygens (including phenoxy) is 1. The van der Waals surface area contributed by atoms with Crippen molar-refractivity contribution in [3.8, 4) is 22.5 Å². The number of nitrogens with one attached hydrogen (secondary N) is 1. The molecule has 0 saturated carbocycles. The summed E-state index contributed by atoms with van der Waals surface area (Å²) in [4.78, 5) is 21.8. The van der Waals surface area contributed by atoms with Crippen LogP contribution >= 0.6 is 0 Å². The molecule has 2 aliphatic heterocycles. The summed E-state index contributed by atoms with van der Waals surface area (Å²) in [5, 5.41) is 12.4. The number of aryl methyl sites for hydroxylation is 1. The van der Waals surface area contributed by atoms with E-state index in [4.69, 9.17) is 9.84 Å². The number of carbonyl (C=O) groups is 1. The van der Waals surface area contributed by atoms with Crippen LogP contribution in [0.5, 0.6) is 0 Å². The second kappa shape index (κ2) is 9.63. The minimum atomic E-state index is -0.0204. The molecule has 38 heavy (non-hydrogen) atoms. The molecular weight excluding hydrogens is 478 g/mol. The predicted octanol–water partition coefficient (Wildman–Crippen LogP) is 4.21. The first kappa shape index (κ1) is 24.8. The number of nitrogens with zero attached hydrogens (tertiary/aromatic N) is 6. The third kappa shape index (κ3) is 4.10. The van der Waals surface area contributed by atoms with Gasteiger partial charge < -0.3 is 9.64 Å². The van der Waals surface area contributed by atoms with E-state index in [0.29, 0.717) is 6.04 Å². The van der Waals surface area contributed by atoms with Gasteiger partial charge in [0.2, 0.25) is 5.91 Å². The smallest absolute Gasteiger partial charge is 0.240 e. The second-order valence-corrected chi connectivity index (χ2v) is 10.9. The number of pyridine rings is 1. The van der Waals surface area contributed by atoms with Gasteiger partial charge in [-0.3, -0.25) is 14.8 Å². The third-order valence-corrected chi connectivity index (χ3v) is 8.26. The Morgan fingerprint density at radius 1 is 1.16 bits per heavy atom. The number of benzene rings is 1. The Morgan fingerprint density at radius 2 is 1.92 bits per heavy atom. The van der Waals surface area contributed by atoms with Crippen LogP contribution in [0.4, 0.5) is 0 Å². The highest BCUT2D eigenvalue weighted by Crippen LogP contribution is 2.36. The molecule has 9 nitrogen and oxygen atoms in total. The van der Waals surface area contributed by atoms with Crippen molar-refractivity contribution in [1.29, 1.82) is 0 Å². The van der Waals surface area contributed by atoms with Crippen molar-refractivity contribution in [2.75, 3.05) is 26.8 Å². The number of aromatic nitrogens is 5. The first-order valence-corrected chi connectivity index (χ1v) is 13.4. The van der Waals surface area contributed by atoms with Crippen LogP contribution in [0.15, 0.2) is 42.9 Å². The number of hydrogen-bond donors (Lipinski definition) is 1. The maximum atomic E-state index is 13.2. The maximum Gasteiger partial charge on any atom is 0.240 e. The molecule has 1 N–H and O–H groups in total. The van der Waals surface area contributed by atoms with Crippen molar-refractivity contribution in [3.63, 3.8) is 0 Å². The molecule has 198 valence electrons. The van der Waals surface area contributed by atoms with Crippen molar-refractivity contribution in [2.24, 2.45) is 0 Å². The van der Waals surface area contributed by atoms with E-state index < -0.39 is 0 Å². The molecule has 3 aromatic heterocycles. The van der Waals surface area contributed by atoms with Crippen molar-refractivity contribution >= 4 is 11.6 Å². The number of fused-ring (bicyclic) bond motifs is 1. The lowest BCUT2D eigenvalue weighted by atomic mass is 9.93. The summed E-state index contributed by atoms with van der Waals surface area (Å²) in [7, 11) is 1.92. The lowest BCUT2D eigenvalue weighted by molar-refractivity contribution is -0.155. The SMILES string of the molecule is Cc1cc(-c2n[nH]c(-c3ccc(C(C)N(C)C(=O)[C@@H]4CCN4C4COC4)cc3)c2C(C)C)cn2ncnc12. The highest BCUT2D eigenvalue weighted by molar-refractivity contribution is 5.83. The largest absolute Gasteiger partial charge is 0.378 e. The van der Waals surface area contributed by atoms with Gasteiger partial charge in [-0.15, -0.1) is 0 Å². The van der Waals surface area contributed by atoms with Gasteiger partial charge in [-0.25, -0.2) is 9.50 Å². The Balaban J connectivity index is 1.24. The first-order valence-electron chi connectivity index (χ1n) is 13.4. The Morgan fingerprint density at radius 3 is 2.55 bits per heavy atom. The molecule has 2 aliphatic rings. The molecule has 9 heteroatoms. The number of hydrogen-bond acceptors (Lipinski definition) is 6. The molecule has 2 fully saturated rings. The standard InChI is InChI=1S/C29H35N7O2/c1-17(2)25-26(32-33-27(25)22-12-18(3)28-30-16-31-36(28)13-22)21-8-6-20(7-9-21)19(4)34(5)29(37)24-10-11-35(24)23-14-38-15-23/h6-9,12-13,16-17,19,23-24H,10-11,14-15H2,1-5H3,(H,32,33)/t19?,24-/m0/s1. The van der Waals surface area contributed by atoms with Gasteiger partial charge >= 0.3 is 0 Å². The Labute approximate surface area is 222 Å². The predicted molar refractivity (Wildman–Crippen MR) is 146 cm³/mol. The van der Waals surface area contributed by atoms with Gasteiger partial charge in [-0.05, 0) is 48.9 Å². The maximum absolute atomic E-state index is 13.2. The van der Waals surface area contributed by atoms with Crippen LogP contribution in [0.2, 0.25) is 0 Å². The molecule has 1 aromatic carbocycles. The fourth-order valence-corrected chi connectivity index (χ4v) is 5.68. The summed E-state index contributed by atoms with van der Waals surface area (Å²) in [6, 6.07) is 11.0. The number of carbonyl (C=O) groups excluding carboxylic acids is 1. The Bertz CT molecular complexity index is 1470. The summed E-state index contributed by atoms with van der Waals surface area (Å²) in [6.07, 6.45) is 4.49. The van der Waals surface area contributed by atoms with E-state index in [1.165, 1.54) is 5.56 Å². The Kier molecular flexibility index (Phi) is 6.28. The van der Waals surface area contributed by atoms with Gasteiger partial charge in [0.15, 0.2) is 5.65 Å². The molecule has 1 unspecified atom stereocenters. The van der Waals surface area contributed by atoms with Gasteiger partial charge in [0, 0.05) is 30.9 Å². The van der Waals surface area contributed by atoms with Crippen LogP contribution in [-0.4, -0.2) is 79.4 Å². The van der Waals surface area contributed by atoms with E-state index in [1.807, 2.05) is 25.1 Å². The molecular formula is C29H35N7O2. The molecule has 0 aliphatic carbocycles. The van der Waals surface area contributed by atoms with Gasteiger partial charge in [-0.2, -0.15) is 10.2 Å². The summed E-state index contributed by atoms with van der Waals surface area (Å²) < 4.78 is 7.14. The monoisotopic (exact) mass is 513 g/mol. The number of amides is 1. The summed E-state index contributed by atoms with van der Waals surface area (Å²) in [6.45, 7) is 11.0. The van der Waals surface area contributed by atoms with Crippen LogP contribution in [0, 0.1) is 6.92 Å². The van der Waals surface area contributed by atoms with Crippen molar-refractivity contribution in [2.45, 2.75) is 58.2 Å². The molecule has 2 atom stereocenters. The average Bonchev–Trinajstić information content (AvgIpc) is 3.52. The van der Waals surface area contributed by atoms with E-state index in [1.54, 1.807) is 10.8 Å². The van der Waals surface area contributed by atoms with E-state index in [9.17, 15) is 4.79 Å². The van der Waals surface area contributed by atoms with Gasteiger partial charge in [0.1, 0.15) is 6.33 Å². The van der Waals surface area contributed by atoms with E-state index >= 15 is 0 Å². The molecule has 0 bridgehead atoms. The lowest BCUT2D eigenvalue weighted by Gasteiger charge is -2.49. The highest BCUT2D eigenvalue weighted by atomic mass is 16.5. The number of H-pyrrole nitrogens is 1. The zero-order valence-corrected chi connectivity index (χ0v) is 22.7. The van der Waals surface area contributed by atoms with Crippen LogP contribution in [0.25, 0.3) is 28.2 Å². The lowest BCUT2D eigenvalue weighted by Crippen LogP contribution is -2.64. The fraction of sp³-hybridized carbons (Fsp3) is 0.448. The fourth-order valence-electron chi connectivity index (χ4n) is 5.68. The molecule has 0 radical (unpaired) electrons. The minimum Gasteiger partial charge on any atom is -0.378 e. The quantitative estimate of drug-likeness (QED) is 0.398. The van der Waals surface area contributed by atoms with Crippen LogP contribution in [0.1, 0.15) is 55.8 Å². The number of likely N-dealkylation sites (N-methyl/N-ethyl adjacent to an activating group) is 1. The summed E-state index contributed by atoms with van der Waals surface area (Å²) in [5.74, 6) is 0.457. The van der Waals surface area contributed by atoms with E-state index in [0.717, 1.165) is 65.5 Å². The van der Waals surface area contributed by atoms with Crippen molar-refractivity contribution in [1.82, 2.24) is 34.6 Å². The highest BCUT2D eigenvalue weighted by Gasteiger charge is 2.43. The molecule has 1 amide bonds. The number of rotatable bonds is 7. The molecule has 0 spiro atoms. The van der Waals surface area contributed by atoms with Crippen molar-refractivity contribution < 1.29 is 9.53 Å². The average molecular weight is 514 g/mol. The number of likely N-dealkylation sites (tertiary alicyclic amines) is 1. The van der Waals surface area contributed by atoms with Gasteiger partial charge in [-0.1, -0.05) is 38.1 Å². The molecule has 6 rings (SSSR count). The molecule has 4 aromatic rings. The zero-order valence-electron chi connectivity index (χ0n) is 22.7. The topological polar surface area (TPSA) is 91.7 Å². The zero-order chi connectivity index (χ0) is 26.6. The third-order valence-electron chi connectivity index (χ3n) is 8.26. The van der Waals surface area contributed by atoms with Crippen LogP contribution < -0.4 is 0 Å². The molecule has 2 saturated heterocycles. The molecule has 5 heterocycles. The van der Waals surface area contributed by atoms with E-state index in [2.05, 4.69) is 71.2 Å². The first-order chi connectivity index (χ1) is 18.3. The van der Waals surface area contributed by atoms with E-state index in [-0.39, 0.29) is 23.9 Å².